The molecule has 16 heteroatoms. The molecule has 2 aliphatic rings. The SMILES string of the molecule is CCOC(=O)c1cnn(C2CCCN(c3cc(Cl)ccc3-c3ccc(N4CCNCC4)cc3)C2)c1C(F)(F)F.O=C(O)C(F)(F)F. The predicted octanol–water partition coefficient (Wildman–Crippen LogP) is 6.28. The molecule has 2 saturated heterocycles. The molecular weight excluding hydrogens is 644 g/mol. The Balaban J connectivity index is 0.000000617. The summed E-state index contributed by atoms with van der Waals surface area (Å²) in [4.78, 5) is 25.5. The van der Waals surface area contributed by atoms with Crippen LogP contribution in [-0.2, 0) is 15.7 Å². The van der Waals surface area contributed by atoms with Crippen LogP contribution < -0.4 is 15.1 Å². The summed E-state index contributed by atoms with van der Waals surface area (Å²) in [5.74, 6) is -3.78. The van der Waals surface area contributed by atoms with Gasteiger partial charge in [-0.15, -0.1) is 0 Å². The Morgan fingerprint density at radius 1 is 1.02 bits per heavy atom. The lowest BCUT2D eigenvalue weighted by atomic mass is 9.99. The zero-order valence-electron chi connectivity index (χ0n) is 24.7. The van der Waals surface area contributed by atoms with Crippen LogP contribution in [0.3, 0.4) is 0 Å². The van der Waals surface area contributed by atoms with Gasteiger partial charge in [-0.3, -0.25) is 4.68 Å². The first kappa shape index (κ1) is 34.9. The summed E-state index contributed by atoms with van der Waals surface area (Å²) in [7, 11) is 0. The number of aliphatic carboxylic acids is 1. The van der Waals surface area contributed by atoms with E-state index in [9.17, 15) is 31.1 Å². The summed E-state index contributed by atoms with van der Waals surface area (Å²) in [5, 5.41) is 15.1. The van der Waals surface area contributed by atoms with Gasteiger partial charge < -0.3 is 25.0 Å². The zero-order valence-corrected chi connectivity index (χ0v) is 25.4. The molecule has 3 heterocycles. The maximum Gasteiger partial charge on any atom is 0.490 e. The number of carbonyl (C=O) groups excluding carboxylic acids is 1. The van der Waals surface area contributed by atoms with Crippen LogP contribution in [0.4, 0.5) is 37.7 Å². The minimum atomic E-state index is -5.08. The lowest BCUT2D eigenvalue weighted by molar-refractivity contribution is -0.192. The molecular formula is C30H32ClF6N5O4. The average molecular weight is 676 g/mol. The summed E-state index contributed by atoms with van der Waals surface area (Å²) >= 11 is 6.40. The fourth-order valence-electron chi connectivity index (χ4n) is 5.44. The number of hydrogen-bond donors (Lipinski definition) is 2. The number of carboxylic acid groups (broad SMARTS) is 1. The van der Waals surface area contributed by atoms with E-state index in [-0.39, 0.29) is 6.61 Å². The van der Waals surface area contributed by atoms with E-state index in [0.717, 1.165) is 59.6 Å². The summed E-state index contributed by atoms with van der Waals surface area (Å²) in [6.07, 6.45) is -7.72. The number of nitrogens with one attached hydrogen (secondary N) is 1. The highest BCUT2D eigenvalue weighted by Gasteiger charge is 2.43. The standard InChI is InChI=1S/C28H31ClF3N5O2.C2HF3O2/c1-2-39-27(38)24-17-34-37(26(24)28(30,31)32)22-4-3-13-36(18-22)25-16-20(29)7-10-23(25)19-5-8-21(9-6-19)35-14-11-33-12-15-35;3-2(4,5)1(6)7/h5-10,16-17,22,33H,2-4,11-15,18H2,1H3;(H,6,7). The van der Waals surface area contributed by atoms with Gasteiger partial charge in [-0.05, 0) is 49.6 Å². The van der Waals surface area contributed by atoms with Crippen molar-refractivity contribution in [3.63, 3.8) is 0 Å². The Kier molecular flexibility index (Phi) is 11.1. The van der Waals surface area contributed by atoms with Gasteiger partial charge in [-0.25, -0.2) is 9.59 Å². The largest absolute Gasteiger partial charge is 0.490 e. The van der Waals surface area contributed by atoms with Crippen LogP contribution in [0.25, 0.3) is 11.1 Å². The van der Waals surface area contributed by atoms with Crippen molar-refractivity contribution in [2.45, 2.75) is 38.2 Å². The maximum absolute atomic E-state index is 14.1. The number of anilines is 2. The predicted molar refractivity (Wildman–Crippen MR) is 159 cm³/mol. The minimum Gasteiger partial charge on any atom is -0.475 e. The second kappa shape index (κ2) is 14.6. The van der Waals surface area contributed by atoms with Gasteiger partial charge >= 0.3 is 24.3 Å². The molecule has 0 amide bonds. The molecule has 0 saturated carbocycles. The van der Waals surface area contributed by atoms with Crippen LogP contribution in [-0.4, -0.2) is 78.9 Å². The lowest BCUT2D eigenvalue weighted by Crippen LogP contribution is -2.43. The van der Waals surface area contributed by atoms with Crippen molar-refractivity contribution in [2.75, 3.05) is 55.7 Å². The van der Waals surface area contributed by atoms with E-state index in [2.05, 4.69) is 44.5 Å². The number of ether oxygens (including phenoxy) is 1. The third-order valence-corrected chi connectivity index (χ3v) is 7.74. The molecule has 0 spiro atoms. The normalized spacial score (nSPS) is 17.3. The number of halogens is 7. The second-order valence-electron chi connectivity index (χ2n) is 10.6. The van der Waals surface area contributed by atoms with Crippen molar-refractivity contribution in [3.05, 3.63) is 64.9 Å². The Morgan fingerprint density at radius 3 is 2.26 bits per heavy atom. The first-order chi connectivity index (χ1) is 21.7. The molecule has 1 atom stereocenters. The third kappa shape index (κ3) is 8.43. The number of piperazine rings is 1. The van der Waals surface area contributed by atoms with E-state index >= 15 is 0 Å². The molecule has 1 aromatic heterocycles. The van der Waals surface area contributed by atoms with Gasteiger partial charge in [0.1, 0.15) is 5.56 Å². The molecule has 2 aliphatic heterocycles. The Morgan fingerprint density at radius 2 is 1.67 bits per heavy atom. The molecule has 46 heavy (non-hydrogen) atoms. The van der Waals surface area contributed by atoms with Gasteiger partial charge in [0.2, 0.25) is 0 Å². The smallest absolute Gasteiger partial charge is 0.475 e. The van der Waals surface area contributed by atoms with Crippen LogP contribution in [0.15, 0.2) is 48.7 Å². The zero-order chi connectivity index (χ0) is 33.6. The summed E-state index contributed by atoms with van der Waals surface area (Å²) < 4.78 is 79.9. The highest BCUT2D eigenvalue weighted by molar-refractivity contribution is 6.31. The van der Waals surface area contributed by atoms with Gasteiger partial charge in [0, 0.05) is 61.2 Å². The number of hydrogen-bond acceptors (Lipinski definition) is 7. The van der Waals surface area contributed by atoms with Crippen LogP contribution >= 0.6 is 11.6 Å². The summed E-state index contributed by atoms with van der Waals surface area (Å²) in [5.41, 5.74) is 2.34. The summed E-state index contributed by atoms with van der Waals surface area (Å²) in [6, 6.07) is 13.4. The van der Waals surface area contributed by atoms with E-state index in [0.29, 0.717) is 31.0 Å². The molecule has 0 aliphatic carbocycles. The van der Waals surface area contributed by atoms with Crippen LogP contribution in [0.2, 0.25) is 5.02 Å². The number of alkyl halides is 6. The molecule has 0 bridgehead atoms. The highest BCUT2D eigenvalue weighted by Crippen LogP contribution is 2.39. The van der Waals surface area contributed by atoms with Gasteiger partial charge in [0.05, 0.1) is 18.8 Å². The fourth-order valence-corrected chi connectivity index (χ4v) is 5.60. The Bertz CT molecular complexity index is 1510. The quantitative estimate of drug-likeness (QED) is 0.233. The van der Waals surface area contributed by atoms with Gasteiger partial charge in [-0.2, -0.15) is 31.4 Å². The van der Waals surface area contributed by atoms with E-state index in [4.69, 9.17) is 26.2 Å². The van der Waals surface area contributed by atoms with E-state index < -0.39 is 41.6 Å². The number of carbonyl (C=O) groups is 2. The molecule has 2 aromatic carbocycles. The number of rotatable bonds is 6. The molecule has 2 fully saturated rings. The van der Waals surface area contributed by atoms with Gasteiger partial charge in [-0.1, -0.05) is 29.8 Å². The first-order valence-electron chi connectivity index (χ1n) is 14.4. The van der Waals surface area contributed by atoms with E-state index in [1.54, 1.807) is 6.92 Å². The van der Waals surface area contributed by atoms with Crippen molar-refractivity contribution >= 4 is 34.9 Å². The fraction of sp³-hybridized carbons (Fsp3) is 0.433. The van der Waals surface area contributed by atoms with Crippen LogP contribution in [0, 0.1) is 0 Å². The minimum absolute atomic E-state index is 0.0215. The molecule has 5 rings (SSSR count). The molecule has 250 valence electrons. The average Bonchev–Trinajstić information content (AvgIpc) is 3.48. The van der Waals surface area contributed by atoms with Crippen molar-refractivity contribution in [1.82, 2.24) is 15.1 Å². The first-order valence-corrected chi connectivity index (χ1v) is 14.8. The molecule has 1 unspecified atom stereocenters. The van der Waals surface area contributed by atoms with E-state index in [1.165, 1.54) is 0 Å². The molecule has 2 N–H and O–H groups in total. The number of benzene rings is 2. The van der Waals surface area contributed by atoms with Crippen molar-refractivity contribution in [2.24, 2.45) is 0 Å². The number of nitrogens with zero attached hydrogens (tertiary/aromatic N) is 4. The molecule has 0 radical (unpaired) electrons. The van der Waals surface area contributed by atoms with Crippen molar-refractivity contribution < 1.29 is 45.8 Å². The third-order valence-electron chi connectivity index (χ3n) is 7.51. The highest BCUT2D eigenvalue weighted by atomic mass is 35.5. The Labute approximate surface area is 265 Å². The maximum atomic E-state index is 14.1. The topological polar surface area (TPSA) is 99.9 Å². The van der Waals surface area contributed by atoms with Gasteiger partial charge in [0.15, 0.2) is 5.69 Å². The van der Waals surface area contributed by atoms with Crippen LogP contribution in [0.5, 0.6) is 0 Å². The lowest BCUT2D eigenvalue weighted by Gasteiger charge is -2.36. The summed E-state index contributed by atoms with van der Waals surface area (Å²) in [6.45, 7) is 6.29. The number of piperidine rings is 1. The number of aromatic nitrogens is 2. The monoisotopic (exact) mass is 675 g/mol. The number of carboxylic acids is 1. The van der Waals surface area contributed by atoms with Crippen LogP contribution in [0.1, 0.15) is 41.9 Å². The molecule has 3 aromatic rings. The molecule has 9 nitrogen and oxygen atoms in total. The second-order valence-corrected chi connectivity index (χ2v) is 11.0. The van der Waals surface area contributed by atoms with Crippen molar-refractivity contribution in [1.29, 1.82) is 0 Å². The van der Waals surface area contributed by atoms with Crippen molar-refractivity contribution in [3.8, 4) is 11.1 Å². The Hall–Kier alpha value is -3.98. The van der Waals surface area contributed by atoms with E-state index in [1.807, 2.05) is 18.2 Å². The number of esters is 1. The van der Waals surface area contributed by atoms with Gasteiger partial charge in [0.25, 0.3) is 0 Å².